The fraction of sp³-hybridized carbons (Fsp3) is 0.481. The lowest BCUT2D eigenvalue weighted by Crippen LogP contribution is -2.56. The Labute approximate surface area is 215 Å². The van der Waals surface area contributed by atoms with Crippen LogP contribution in [0.15, 0.2) is 30.3 Å². The zero-order valence-electron chi connectivity index (χ0n) is 21.2. The summed E-state index contributed by atoms with van der Waals surface area (Å²) in [6, 6.07) is 10.4. The number of fused-ring (bicyclic) bond motifs is 3. The van der Waals surface area contributed by atoms with Crippen LogP contribution in [-0.2, 0) is 6.54 Å². The minimum Gasteiger partial charge on any atom is -0.497 e. The average molecular weight is 512 g/mol. The second kappa shape index (κ2) is 10.5. The number of piperidine rings is 2. The summed E-state index contributed by atoms with van der Waals surface area (Å²) in [5, 5.41) is 4.41. The van der Waals surface area contributed by atoms with E-state index in [1.165, 1.54) is 6.42 Å². The number of nitrogens with one attached hydrogen (secondary N) is 1. The fourth-order valence-electron chi connectivity index (χ4n) is 5.64. The van der Waals surface area contributed by atoms with Crippen molar-refractivity contribution in [3.8, 4) is 23.0 Å². The highest BCUT2D eigenvalue weighted by atomic mass is 32.1. The van der Waals surface area contributed by atoms with E-state index in [1.807, 2.05) is 12.1 Å². The van der Waals surface area contributed by atoms with Gasteiger partial charge in [0.05, 0.1) is 45.2 Å². The van der Waals surface area contributed by atoms with E-state index >= 15 is 0 Å². The molecule has 1 amide bonds. The summed E-state index contributed by atoms with van der Waals surface area (Å²) in [6.45, 7) is 0.852. The van der Waals surface area contributed by atoms with E-state index in [0.717, 1.165) is 53.2 Å². The molecule has 3 aromatic rings. The first-order valence-corrected chi connectivity index (χ1v) is 13.1. The highest BCUT2D eigenvalue weighted by molar-refractivity contribution is 7.18. The third kappa shape index (κ3) is 4.82. The number of ether oxygens (including phenoxy) is 4. The minimum absolute atomic E-state index is 0.120. The molecule has 1 N–H and O–H groups in total. The Morgan fingerprint density at radius 1 is 1.00 bits per heavy atom. The Balaban J connectivity index is 1.28. The van der Waals surface area contributed by atoms with E-state index in [2.05, 4.69) is 16.3 Å². The molecule has 0 aliphatic carbocycles. The Morgan fingerprint density at radius 3 is 2.31 bits per heavy atom. The van der Waals surface area contributed by atoms with Gasteiger partial charge < -0.3 is 24.3 Å². The second-order valence-corrected chi connectivity index (χ2v) is 10.5. The van der Waals surface area contributed by atoms with Gasteiger partial charge in [-0.05, 0) is 56.0 Å². The van der Waals surface area contributed by atoms with Crippen LogP contribution in [0.2, 0.25) is 0 Å². The molecule has 2 atom stereocenters. The van der Waals surface area contributed by atoms with Crippen molar-refractivity contribution in [2.75, 3.05) is 28.4 Å². The predicted molar refractivity (Wildman–Crippen MR) is 140 cm³/mol. The van der Waals surface area contributed by atoms with Crippen LogP contribution in [0.5, 0.6) is 23.0 Å². The van der Waals surface area contributed by atoms with Gasteiger partial charge in [0.1, 0.15) is 10.8 Å². The molecule has 2 bridgehead atoms. The van der Waals surface area contributed by atoms with E-state index in [1.54, 1.807) is 51.9 Å². The molecule has 3 heterocycles. The summed E-state index contributed by atoms with van der Waals surface area (Å²) in [4.78, 5) is 20.7. The van der Waals surface area contributed by atoms with Gasteiger partial charge in [0.25, 0.3) is 5.91 Å². The summed E-state index contributed by atoms with van der Waals surface area (Å²) in [7, 11) is 6.35. The molecule has 36 heavy (non-hydrogen) atoms. The number of thiazole rings is 1. The standard InChI is InChI=1S/C27H33N3O5S/c1-32-20-8-9-21-24(14-20)36-25(29-21)15-30-18-6-5-7-19(30)13-17(12-18)28-27(31)16-10-22(33-2)26(35-4)23(11-16)34-3/h8-11,14,17-19H,5-7,12-13,15H2,1-4H3,(H,28,31). The molecule has 2 fully saturated rings. The van der Waals surface area contributed by atoms with Crippen LogP contribution in [-0.4, -0.2) is 62.4 Å². The van der Waals surface area contributed by atoms with Gasteiger partial charge in [-0.2, -0.15) is 0 Å². The van der Waals surface area contributed by atoms with E-state index in [-0.39, 0.29) is 11.9 Å². The number of carbonyl (C=O) groups excluding carboxylic acids is 1. The Morgan fingerprint density at radius 2 is 1.69 bits per heavy atom. The Hall–Kier alpha value is -3.04. The SMILES string of the molecule is COc1ccc2nc(CN3C4CCCC3CC(NC(=O)c3cc(OC)c(OC)c(OC)c3)C4)sc2c1. The molecule has 2 aliphatic rings. The molecule has 8 nitrogen and oxygen atoms in total. The molecule has 1 aromatic heterocycles. The van der Waals surface area contributed by atoms with Gasteiger partial charge in [0, 0.05) is 23.7 Å². The number of methoxy groups -OCH3 is 4. The first kappa shape index (κ1) is 24.6. The zero-order valence-corrected chi connectivity index (χ0v) is 22.0. The topological polar surface area (TPSA) is 82.2 Å². The number of benzene rings is 2. The molecule has 5 rings (SSSR count). The number of hydrogen-bond donors (Lipinski definition) is 1. The molecule has 0 radical (unpaired) electrons. The van der Waals surface area contributed by atoms with Crippen molar-refractivity contribution in [2.24, 2.45) is 0 Å². The van der Waals surface area contributed by atoms with Gasteiger partial charge in [0.2, 0.25) is 5.75 Å². The van der Waals surface area contributed by atoms with Crippen LogP contribution in [0.4, 0.5) is 0 Å². The number of carbonyl (C=O) groups is 1. The molecule has 0 spiro atoms. The van der Waals surface area contributed by atoms with Crippen molar-refractivity contribution >= 4 is 27.5 Å². The van der Waals surface area contributed by atoms with Gasteiger partial charge in [0.15, 0.2) is 11.5 Å². The number of aromatic nitrogens is 1. The number of hydrogen-bond acceptors (Lipinski definition) is 8. The van der Waals surface area contributed by atoms with Crippen molar-refractivity contribution in [3.63, 3.8) is 0 Å². The quantitative estimate of drug-likeness (QED) is 0.472. The Kier molecular flexibility index (Phi) is 7.20. The molecule has 2 aromatic carbocycles. The van der Waals surface area contributed by atoms with Crippen LogP contribution < -0.4 is 24.3 Å². The average Bonchev–Trinajstić information content (AvgIpc) is 3.29. The summed E-state index contributed by atoms with van der Waals surface area (Å²) in [6.07, 6.45) is 5.39. The van der Waals surface area contributed by atoms with Gasteiger partial charge >= 0.3 is 0 Å². The van der Waals surface area contributed by atoms with Crippen molar-refractivity contribution in [3.05, 3.63) is 40.9 Å². The van der Waals surface area contributed by atoms with E-state index < -0.39 is 0 Å². The molecular formula is C27H33N3O5S. The van der Waals surface area contributed by atoms with Crippen LogP contribution in [0.1, 0.15) is 47.5 Å². The van der Waals surface area contributed by atoms with Crippen LogP contribution in [0.25, 0.3) is 10.2 Å². The van der Waals surface area contributed by atoms with Crippen molar-refractivity contribution < 1.29 is 23.7 Å². The first-order chi connectivity index (χ1) is 17.5. The summed E-state index contributed by atoms with van der Waals surface area (Å²) < 4.78 is 22.8. The lowest BCUT2D eigenvalue weighted by molar-refractivity contribution is 0.0177. The summed E-state index contributed by atoms with van der Waals surface area (Å²) >= 11 is 1.74. The molecule has 192 valence electrons. The molecule has 0 saturated carbocycles. The lowest BCUT2D eigenvalue weighted by atomic mass is 9.81. The summed E-state index contributed by atoms with van der Waals surface area (Å²) in [5.74, 6) is 2.17. The maximum absolute atomic E-state index is 13.2. The van der Waals surface area contributed by atoms with Crippen molar-refractivity contribution in [2.45, 2.75) is 56.8 Å². The van der Waals surface area contributed by atoms with Crippen LogP contribution in [0.3, 0.4) is 0 Å². The largest absolute Gasteiger partial charge is 0.497 e. The van der Waals surface area contributed by atoms with Gasteiger partial charge in [-0.1, -0.05) is 6.42 Å². The molecule has 2 saturated heterocycles. The number of rotatable bonds is 8. The summed E-state index contributed by atoms with van der Waals surface area (Å²) in [5.41, 5.74) is 1.52. The van der Waals surface area contributed by atoms with Crippen LogP contribution in [0, 0.1) is 0 Å². The van der Waals surface area contributed by atoms with E-state index in [4.69, 9.17) is 23.9 Å². The number of nitrogens with zero attached hydrogens (tertiary/aromatic N) is 2. The van der Waals surface area contributed by atoms with Gasteiger partial charge in [-0.25, -0.2) is 4.98 Å². The third-order valence-electron chi connectivity index (χ3n) is 7.35. The van der Waals surface area contributed by atoms with Crippen molar-refractivity contribution in [1.29, 1.82) is 0 Å². The van der Waals surface area contributed by atoms with Gasteiger partial charge in [-0.15, -0.1) is 11.3 Å². The van der Waals surface area contributed by atoms with E-state index in [9.17, 15) is 4.79 Å². The molecule has 9 heteroatoms. The lowest BCUT2D eigenvalue weighted by Gasteiger charge is -2.48. The predicted octanol–water partition coefficient (Wildman–Crippen LogP) is 4.65. The second-order valence-electron chi connectivity index (χ2n) is 9.41. The highest BCUT2D eigenvalue weighted by Gasteiger charge is 2.39. The maximum atomic E-state index is 13.2. The molecule has 2 aliphatic heterocycles. The number of amides is 1. The van der Waals surface area contributed by atoms with Gasteiger partial charge in [-0.3, -0.25) is 9.69 Å². The maximum Gasteiger partial charge on any atom is 0.251 e. The van der Waals surface area contributed by atoms with Crippen molar-refractivity contribution in [1.82, 2.24) is 15.2 Å². The normalized spacial score (nSPS) is 21.7. The highest BCUT2D eigenvalue weighted by Crippen LogP contribution is 2.39. The van der Waals surface area contributed by atoms with Crippen LogP contribution >= 0.6 is 11.3 Å². The zero-order chi connectivity index (χ0) is 25.2. The monoisotopic (exact) mass is 511 g/mol. The minimum atomic E-state index is -0.120. The fourth-order valence-corrected chi connectivity index (χ4v) is 6.64. The Bertz CT molecular complexity index is 1210. The molecule has 2 unspecified atom stereocenters. The smallest absolute Gasteiger partial charge is 0.251 e. The third-order valence-corrected chi connectivity index (χ3v) is 8.35. The van der Waals surface area contributed by atoms with E-state index in [0.29, 0.717) is 34.9 Å². The first-order valence-electron chi connectivity index (χ1n) is 12.3. The molecular weight excluding hydrogens is 478 g/mol.